The van der Waals surface area contributed by atoms with Gasteiger partial charge in [-0.25, -0.2) is 9.97 Å². The van der Waals surface area contributed by atoms with Gasteiger partial charge in [-0.1, -0.05) is 24.3 Å². The molecule has 3 aromatic rings. The van der Waals surface area contributed by atoms with E-state index in [-0.39, 0.29) is 0 Å². The molecule has 4 nitrogen and oxygen atoms in total. The van der Waals surface area contributed by atoms with Gasteiger partial charge in [-0.15, -0.1) is 0 Å². The summed E-state index contributed by atoms with van der Waals surface area (Å²) in [5.41, 5.74) is 10.2. The predicted molar refractivity (Wildman–Crippen MR) is 89.5 cm³/mol. The lowest BCUT2D eigenvalue weighted by atomic mass is 10.0. The fourth-order valence-corrected chi connectivity index (χ4v) is 2.65. The highest BCUT2D eigenvalue weighted by Crippen LogP contribution is 2.30. The largest absolute Gasteiger partial charge is 0.367 e. The Hall–Kier alpha value is -2.46. The highest BCUT2D eigenvalue weighted by atomic mass is 15.1. The van der Waals surface area contributed by atoms with Crippen LogP contribution in [0.1, 0.15) is 18.4 Å². The highest BCUT2D eigenvalue weighted by molar-refractivity contribution is 5.92. The van der Waals surface area contributed by atoms with E-state index in [0.717, 1.165) is 27.8 Å². The molecule has 0 spiro atoms. The highest BCUT2D eigenvalue weighted by Gasteiger charge is 2.22. The minimum Gasteiger partial charge on any atom is -0.367 e. The van der Waals surface area contributed by atoms with Crippen LogP contribution in [0.2, 0.25) is 0 Å². The van der Waals surface area contributed by atoms with E-state index in [1.54, 1.807) is 6.33 Å². The molecule has 22 heavy (non-hydrogen) atoms. The van der Waals surface area contributed by atoms with E-state index >= 15 is 0 Å². The zero-order chi connectivity index (χ0) is 14.9. The standard InChI is InChI=1S/C18H18N4/c19-10-12-2-1-3-13(8-12)14-4-7-17-16(9-14)18(21-11-20-17)22-15-5-6-15/h1-4,7-9,11,15H,5-6,10,19H2,(H,20,21,22). The third-order valence-electron chi connectivity index (χ3n) is 4.05. The van der Waals surface area contributed by atoms with Crippen molar-refractivity contribution >= 4 is 16.7 Å². The minimum absolute atomic E-state index is 0.555. The summed E-state index contributed by atoms with van der Waals surface area (Å²) in [5, 5.41) is 4.56. The molecule has 0 amide bonds. The lowest BCUT2D eigenvalue weighted by molar-refractivity contribution is 1.07. The summed E-state index contributed by atoms with van der Waals surface area (Å²) in [5.74, 6) is 0.935. The number of fused-ring (bicyclic) bond motifs is 1. The van der Waals surface area contributed by atoms with Crippen molar-refractivity contribution in [3.05, 3.63) is 54.4 Å². The quantitative estimate of drug-likeness (QED) is 0.773. The molecule has 1 fully saturated rings. The van der Waals surface area contributed by atoms with Crippen LogP contribution in [-0.2, 0) is 6.54 Å². The Balaban J connectivity index is 1.81. The molecule has 0 atom stereocenters. The first-order chi connectivity index (χ1) is 10.8. The van der Waals surface area contributed by atoms with Crippen molar-refractivity contribution in [3.8, 4) is 11.1 Å². The zero-order valence-corrected chi connectivity index (χ0v) is 12.3. The van der Waals surface area contributed by atoms with Crippen molar-refractivity contribution in [2.24, 2.45) is 5.73 Å². The Labute approximate surface area is 129 Å². The maximum Gasteiger partial charge on any atom is 0.137 e. The molecule has 0 saturated heterocycles. The van der Waals surface area contributed by atoms with Crippen LogP contribution in [0.3, 0.4) is 0 Å². The SMILES string of the molecule is NCc1cccc(-c2ccc3ncnc(NC4CC4)c3c2)c1. The molecule has 110 valence electrons. The predicted octanol–water partition coefficient (Wildman–Crippen LogP) is 3.33. The monoisotopic (exact) mass is 290 g/mol. The van der Waals surface area contributed by atoms with Crippen molar-refractivity contribution < 1.29 is 0 Å². The first-order valence-corrected chi connectivity index (χ1v) is 7.64. The van der Waals surface area contributed by atoms with Gasteiger partial charge >= 0.3 is 0 Å². The number of hydrogen-bond donors (Lipinski definition) is 2. The number of nitrogens with two attached hydrogens (primary N) is 1. The molecule has 0 aliphatic heterocycles. The molecule has 0 unspecified atom stereocenters. The van der Waals surface area contributed by atoms with Crippen LogP contribution in [-0.4, -0.2) is 16.0 Å². The Kier molecular flexibility index (Phi) is 3.24. The molecule has 1 saturated carbocycles. The molecule has 0 bridgehead atoms. The first kappa shape index (κ1) is 13.2. The van der Waals surface area contributed by atoms with Crippen molar-refractivity contribution in [2.45, 2.75) is 25.4 Å². The van der Waals surface area contributed by atoms with Gasteiger partial charge in [0.2, 0.25) is 0 Å². The third-order valence-corrected chi connectivity index (χ3v) is 4.05. The molecule has 3 N–H and O–H groups in total. The fraction of sp³-hybridized carbons (Fsp3) is 0.222. The minimum atomic E-state index is 0.555. The Bertz CT molecular complexity index is 824. The summed E-state index contributed by atoms with van der Waals surface area (Å²) < 4.78 is 0. The second-order valence-electron chi connectivity index (χ2n) is 5.78. The average Bonchev–Trinajstić information content (AvgIpc) is 3.39. The van der Waals surface area contributed by atoms with Gasteiger partial charge in [0.15, 0.2) is 0 Å². The summed E-state index contributed by atoms with van der Waals surface area (Å²) in [6.45, 7) is 0.555. The molecule has 1 heterocycles. The van der Waals surface area contributed by atoms with E-state index in [4.69, 9.17) is 5.73 Å². The number of hydrogen-bond acceptors (Lipinski definition) is 4. The van der Waals surface area contributed by atoms with Crippen LogP contribution in [0.25, 0.3) is 22.0 Å². The molecule has 1 aliphatic carbocycles. The number of anilines is 1. The number of nitrogens with zero attached hydrogens (tertiary/aromatic N) is 2. The maximum atomic E-state index is 5.74. The van der Waals surface area contributed by atoms with Gasteiger partial charge in [-0.3, -0.25) is 0 Å². The van der Waals surface area contributed by atoms with E-state index < -0.39 is 0 Å². The first-order valence-electron chi connectivity index (χ1n) is 7.64. The normalized spacial score (nSPS) is 14.2. The topological polar surface area (TPSA) is 63.8 Å². The van der Waals surface area contributed by atoms with Gasteiger partial charge < -0.3 is 11.1 Å². The van der Waals surface area contributed by atoms with Crippen LogP contribution >= 0.6 is 0 Å². The average molecular weight is 290 g/mol. The molecular formula is C18H18N4. The van der Waals surface area contributed by atoms with Crippen LogP contribution in [0.15, 0.2) is 48.8 Å². The second kappa shape index (κ2) is 5.39. The van der Waals surface area contributed by atoms with Gasteiger partial charge in [-0.05, 0) is 47.7 Å². The van der Waals surface area contributed by atoms with Crippen molar-refractivity contribution in [3.63, 3.8) is 0 Å². The summed E-state index contributed by atoms with van der Waals surface area (Å²) in [7, 11) is 0. The number of aromatic nitrogens is 2. The van der Waals surface area contributed by atoms with Gasteiger partial charge in [0.1, 0.15) is 12.1 Å². The van der Waals surface area contributed by atoms with E-state index in [0.29, 0.717) is 12.6 Å². The molecule has 0 radical (unpaired) electrons. The van der Waals surface area contributed by atoms with Gasteiger partial charge in [0.05, 0.1) is 5.52 Å². The van der Waals surface area contributed by atoms with E-state index in [1.807, 2.05) is 12.1 Å². The summed E-state index contributed by atoms with van der Waals surface area (Å²) >= 11 is 0. The van der Waals surface area contributed by atoms with Crippen LogP contribution < -0.4 is 11.1 Å². The lowest BCUT2D eigenvalue weighted by Crippen LogP contribution is -2.04. The van der Waals surface area contributed by atoms with Crippen LogP contribution in [0.5, 0.6) is 0 Å². The molecule has 4 rings (SSSR count). The van der Waals surface area contributed by atoms with E-state index in [2.05, 4.69) is 45.6 Å². The zero-order valence-electron chi connectivity index (χ0n) is 12.3. The van der Waals surface area contributed by atoms with Gasteiger partial charge in [0, 0.05) is 18.0 Å². The van der Waals surface area contributed by atoms with E-state index in [1.165, 1.54) is 18.4 Å². The molecule has 1 aliphatic rings. The molecule has 1 aromatic heterocycles. The summed E-state index contributed by atoms with van der Waals surface area (Å²) in [6.07, 6.45) is 4.08. The van der Waals surface area contributed by atoms with Gasteiger partial charge in [-0.2, -0.15) is 0 Å². The Morgan fingerprint density at radius 1 is 1.05 bits per heavy atom. The third kappa shape index (κ3) is 2.53. The van der Waals surface area contributed by atoms with E-state index in [9.17, 15) is 0 Å². The smallest absolute Gasteiger partial charge is 0.137 e. The van der Waals surface area contributed by atoms with Crippen molar-refractivity contribution in [2.75, 3.05) is 5.32 Å². The molecule has 2 aromatic carbocycles. The number of nitrogens with one attached hydrogen (secondary N) is 1. The Morgan fingerprint density at radius 3 is 2.73 bits per heavy atom. The van der Waals surface area contributed by atoms with Crippen molar-refractivity contribution in [1.29, 1.82) is 0 Å². The molecular weight excluding hydrogens is 272 g/mol. The summed E-state index contributed by atoms with van der Waals surface area (Å²) in [4.78, 5) is 8.78. The van der Waals surface area contributed by atoms with Crippen molar-refractivity contribution in [1.82, 2.24) is 9.97 Å². The second-order valence-corrected chi connectivity index (χ2v) is 5.78. The number of rotatable bonds is 4. The maximum absolute atomic E-state index is 5.74. The number of benzene rings is 2. The van der Waals surface area contributed by atoms with Crippen LogP contribution in [0, 0.1) is 0 Å². The van der Waals surface area contributed by atoms with Gasteiger partial charge in [0.25, 0.3) is 0 Å². The lowest BCUT2D eigenvalue weighted by Gasteiger charge is -2.09. The van der Waals surface area contributed by atoms with Crippen LogP contribution in [0.4, 0.5) is 5.82 Å². The fourth-order valence-electron chi connectivity index (χ4n) is 2.65. The summed E-state index contributed by atoms with van der Waals surface area (Å²) in [6, 6.07) is 15.2. The Morgan fingerprint density at radius 2 is 1.91 bits per heavy atom. The molecule has 4 heteroatoms.